The highest BCUT2D eigenvalue weighted by molar-refractivity contribution is 6.35. The van der Waals surface area contributed by atoms with E-state index < -0.39 is 24.0 Å². The van der Waals surface area contributed by atoms with Gasteiger partial charge in [-0.05, 0) is 43.0 Å². The zero-order valence-electron chi connectivity index (χ0n) is 14.1. The molecule has 0 bridgehead atoms. The van der Waals surface area contributed by atoms with Gasteiger partial charge in [-0.1, -0.05) is 29.3 Å². The number of aliphatic hydroxyl groups excluding tert-OH is 1. The van der Waals surface area contributed by atoms with Gasteiger partial charge in [0, 0.05) is 33.8 Å². The number of carbonyl (C=O) groups excluding carboxylic acids is 1. The Morgan fingerprint density at radius 2 is 2.11 bits per heavy atom. The normalized spacial score (nSPS) is 22.0. The van der Waals surface area contributed by atoms with Crippen LogP contribution < -0.4 is 0 Å². The topological polar surface area (TPSA) is 50.2 Å². The summed E-state index contributed by atoms with van der Waals surface area (Å²) >= 11 is 11.8. The molecule has 0 saturated heterocycles. The molecule has 3 nitrogen and oxygen atoms in total. The number of hydrogen-bond donors (Lipinski definition) is 1. The monoisotopic (exact) mass is 417 g/mol. The fourth-order valence-corrected chi connectivity index (χ4v) is 4.04. The lowest BCUT2D eigenvalue weighted by molar-refractivity contribution is -0.133. The molecule has 0 fully saturated rings. The van der Waals surface area contributed by atoms with Crippen LogP contribution in [-0.4, -0.2) is 15.9 Å². The first kappa shape index (κ1) is 20.1. The largest absolute Gasteiger partial charge is 0.387 e. The van der Waals surface area contributed by atoms with Gasteiger partial charge in [0.15, 0.2) is 11.5 Å². The van der Waals surface area contributed by atoms with Crippen molar-refractivity contribution in [2.24, 2.45) is 0 Å². The first-order valence-electron chi connectivity index (χ1n) is 8.35. The van der Waals surface area contributed by atoms with Crippen molar-refractivity contribution in [3.05, 3.63) is 62.9 Å². The second kappa shape index (κ2) is 7.78. The maximum Gasteiger partial charge on any atom is 0.264 e. The van der Waals surface area contributed by atoms with E-state index in [9.17, 15) is 18.7 Å². The predicted molar refractivity (Wildman–Crippen MR) is 96.0 cm³/mol. The molecule has 1 aliphatic rings. The van der Waals surface area contributed by atoms with E-state index in [-0.39, 0.29) is 58.1 Å². The molecule has 0 radical (unpaired) electrons. The third kappa shape index (κ3) is 3.84. The van der Waals surface area contributed by atoms with Crippen molar-refractivity contribution < 1.29 is 23.1 Å². The van der Waals surface area contributed by atoms with E-state index in [4.69, 9.17) is 23.2 Å². The summed E-state index contributed by atoms with van der Waals surface area (Å²) in [6.07, 6.45) is -2.94. The van der Waals surface area contributed by atoms with Crippen LogP contribution in [0.2, 0.25) is 10.0 Å². The third-order valence-electron chi connectivity index (χ3n) is 4.82. The summed E-state index contributed by atoms with van der Waals surface area (Å²) in [5, 5.41) is 10.1. The molecule has 3 rings (SSSR count). The van der Waals surface area contributed by atoms with Crippen molar-refractivity contribution in [3.8, 4) is 0 Å². The maximum absolute atomic E-state index is 15.6. The number of benzene rings is 1. The molecule has 1 aromatic carbocycles. The lowest BCUT2D eigenvalue weighted by Crippen LogP contribution is -2.37. The predicted octanol–water partition coefficient (Wildman–Crippen LogP) is 5.52. The summed E-state index contributed by atoms with van der Waals surface area (Å²) in [7, 11) is 0. The van der Waals surface area contributed by atoms with Gasteiger partial charge in [0.25, 0.3) is 6.43 Å². The minimum absolute atomic E-state index is 0.0136. The number of aliphatic hydroxyl groups is 1. The zero-order chi connectivity index (χ0) is 19.8. The van der Waals surface area contributed by atoms with E-state index >= 15 is 4.39 Å². The van der Waals surface area contributed by atoms with Crippen molar-refractivity contribution in [2.45, 2.75) is 43.9 Å². The SMILES string of the molecule is O=C(CCc1c(Cl)cc(Cl)cc1C(F)F)[C@]1(F)CC[C@H](O)c2ncccc21. The van der Waals surface area contributed by atoms with E-state index in [1.54, 1.807) is 0 Å². The Morgan fingerprint density at radius 3 is 2.81 bits per heavy atom. The molecule has 2 aromatic rings. The Morgan fingerprint density at radius 1 is 1.37 bits per heavy atom. The summed E-state index contributed by atoms with van der Waals surface area (Å²) in [6, 6.07) is 5.32. The molecule has 8 heteroatoms. The average Bonchev–Trinajstić information content (AvgIpc) is 2.63. The number of carbonyl (C=O) groups is 1. The van der Waals surface area contributed by atoms with Gasteiger partial charge in [-0.3, -0.25) is 9.78 Å². The maximum atomic E-state index is 15.6. The molecule has 0 amide bonds. The van der Waals surface area contributed by atoms with Gasteiger partial charge < -0.3 is 5.11 Å². The van der Waals surface area contributed by atoms with Crippen molar-refractivity contribution in [1.82, 2.24) is 4.98 Å². The van der Waals surface area contributed by atoms with Gasteiger partial charge in [0.05, 0.1) is 11.8 Å². The number of fused-ring (bicyclic) bond motifs is 1. The molecule has 1 aromatic heterocycles. The van der Waals surface area contributed by atoms with Crippen LogP contribution in [0.25, 0.3) is 0 Å². The fraction of sp³-hybridized carbons (Fsp3) is 0.368. The highest BCUT2D eigenvalue weighted by atomic mass is 35.5. The molecule has 0 aliphatic heterocycles. The van der Waals surface area contributed by atoms with E-state index in [2.05, 4.69) is 4.98 Å². The van der Waals surface area contributed by atoms with Crippen LogP contribution in [0.3, 0.4) is 0 Å². The molecule has 144 valence electrons. The number of nitrogens with zero attached hydrogens (tertiary/aromatic N) is 1. The number of aromatic nitrogens is 1. The van der Waals surface area contributed by atoms with E-state index in [1.165, 1.54) is 24.4 Å². The third-order valence-corrected chi connectivity index (χ3v) is 5.37. The van der Waals surface area contributed by atoms with Gasteiger partial charge in [0.2, 0.25) is 0 Å². The molecule has 0 unspecified atom stereocenters. The number of ketones is 1. The second-order valence-corrected chi connectivity index (χ2v) is 7.31. The zero-order valence-corrected chi connectivity index (χ0v) is 15.6. The van der Waals surface area contributed by atoms with Crippen LogP contribution in [0, 0.1) is 0 Å². The van der Waals surface area contributed by atoms with E-state index in [0.717, 1.165) is 6.07 Å². The molecule has 2 atom stereocenters. The van der Waals surface area contributed by atoms with Crippen molar-refractivity contribution in [3.63, 3.8) is 0 Å². The van der Waals surface area contributed by atoms with Crippen LogP contribution in [0.4, 0.5) is 13.2 Å². The van der Waals surface area contributed by atoms with Gasteiger partial charge in [-0.15, -0.1) is 0 Å². The lowest BCUT2D eigenvalue weighted by atomic mass is 9.77. The first-order chi connectivity index (χ1) is 12.7. The van der Waals surface area contributed by atoms with Crippen LogP contribution in [0.5, 0.6) is 0 Å². The smallest absolute Gasteiger partial charge is 0.264 e. The van der Waals surface area contributed by atoms with E-state index in [1.807, 2.05) is 0 Å². The summed E-state index contributed by atoms with van der Waals surface area (Å²) in [4.78, 5) is 16.7. The number of halogens is 5. The molecular formula is C19H16Cl2F3NO2. The Balaban J connectivity index is 1.86. The first-order valence-corrected chi connectivity index (χ1v) is 9.11. The van der Waals surface area contributed by atoms with E-state index in [0.29, 0.717) is 0 Å². The second-order valence-electron chi connectivity index (χ2n) is 6.47. The summed E-state index contributed by atoms with van der Waals surface area (Å²) in [5.74, 6) is -0.755. The molecule has 1 heterocycles. The Hall–Kier alpha value is -1.63. The van der Waals surface area contributed by atoms with Crippen LogP contribution >= 0.6 is 23.2 Å². The highest BCUT2D eigenvalue weighted by Crippen LogP contribution is 2.44. The number of alkyl halides is 3. The van der Waals surface area contributed by atoms with Gasteiger partial charge in [-0.25, -0.2) is 13.2 Å². The molecular weight excluding hydrogens is 402 g/mol. The lowest BCUT2D eigenvalue weighted by Gasteiger charge is -2.32. The minimum Gasteiger partial charge on any atom is -0.387 e. The van der Waals surface area contributed by atoms with Crippen LogP contribution in [0.1, 0.15) is 54.2 Å². The van der Waals surface area contributed by atoms with Crippen molar-refractivity contribution in [1.29, 1.82) is 0 Å². The van der Waals surface area contributed by atoms with Crippen LogP contribution in [0.15, 0.2) is 30.5 Å². The Bertz CT molecular complexity index is 878. The molecule has 1 aliphatic carbocycles. The summed E-state index contributed by atoms with van der Waals surface area (Å²) < 4.78 is 42.1. The average molecular weight is 418 g/mol. The van der Waals surface area contributed by atoms with Gasteiger partial charge in [0.1, 0.15) is 0 Å². The molecule has 27 heavy (non-hydrogen) atoms. The fourth-order valence-electron chi connectivity index (χ4n) is 3.43. The molecule has 1 N–H and O–H groups in total. The summed E-state index contributed by atoms with van der Waals surface area (Å²) in [5.41, 5.74) is -2.43. The summed E-state index contributed by atoms with van der Waals surface area (Å²) in [6.45, 7) is 0. The highest BCUT2D eigenvalue weighted by Gasteiger charge is 2.46. The van der Waals surface area contributed by atoms with Gasteiger partial charge >= 0.3 is 0 Å². The molecule has 0 spiro atoms. The Kier molecular flexibility index (Phi) is 5.79. The van der Waals surface area contributed by atoms with Crippen molar-refractivity contribution in [2.75, 3.05) is 0 Å². The number of pyridine rings is 1. The standard InChI is InChI=1S/C19H16Cl2F3NO2/c20-10-8-12(18(22)23)11(14(21)9-10)3-4-16(27)19(24)6-5-15(26)17-13(19)2-1-7-25-17/h1-2,7-9,15,18,26H,3-6H2/t15-,19-/m0/s1. The van der Waals surface area contributed by atoms with Crippen LogP contribution in [-0.2, 0) is 16.9 Å². The minimum atomic E-state index is -2.82. The quantitative estimate of drug-likeness (QED) is 0.696. The van der Waals surface area contributed by atoms with Gasteiger partial charge in [-0.2, -0.15) is 0 Å². The number of Topliss-reactive ketones (excluding diaryl/α,β-unsaturated/α-hetero) is 1. The molecule has 0 saturated carbocycles. The Labute approximate surface area is 164 Å². The number of hydrogen-bond acceptors (Lipinski definition) is 3. The number of rotatable bonds is 5. The van der Waals surface area contributed by atoms with Crippen molar-refractivity contribution >= 4 is 29.0 Å².